The normalized spacial score (nSPS) is 14.6. The second kappa shape index (κ2) is 4.65. The fraction of sp³-hybridized carbons (Fsp3) is 0.333. The minimum absolute atomic E-state index is 0.0663. The number of tetrazole rings is 1. The van der Waals surface area contributed by atoms with E-state index in [-0.39, 0.29) is 5.84 Å². The first-order valence-electron chi connectivity index (χ1n) is 6.06. The van der Waals surface area contributed by atoms with Crippen LogP contribution in [0.5, 0.6) is 0 Å². The van der Waals surface area contributed by atoms with E-state index in [0.717, 1.165) is 34.0 Å². The minimum atomic E-state index is 0.0663. The Morgan fingerprint density at radius 3 is 2.95 bits per heavy atom. The molecule has 19 heavy (non-hydrogen) atoms. The quantitative estimate of drug-likeness (QED) is 0.654. The van der Waals surface area contributed by atoms with Crippen molar-refractivity contribution in [1.29, 1.82) is 5.41 Å². The highest BCUT2D eigenvalue weighted by molar-refractivity contribution is 7.99. The molecular formula is C12H14N6S. The third-order valence-corrected chi connectivity index (χ3v) is 4.25. The number of benzene rings is 1. The summed E-state index contributed by atoms with van der Waals surface area (Å²) in [5.74, 6) is 0.0663. The number of nitrogens with zero attached hydrogens (tertiary/aromatic N) is 4. The molecule has 0 radical (unpaired) electrons. The average molecular weight is 274 g/mol. The van der Waals surface area contributed by atoms with Crippen LogP contribution in [0.15, 0.2) is 28.3 Å². The zero-order valence-corrected chi connectivity index (χ0v) is 11.3. The van der Waals surface area contributed by atoms with Crippen LogP contribution in [-0.2, 0) is 0 Å². The Morgan fingerprint density at radius 1 is 1.47 bits per heavy atom. The molecule has 0 saturated heterocycles. The summed E-state index contributed by atoms with van der Waals surface area (Å²) in [4.78, 5) is 0.951. The molecule has 0 bridgehead atoms. The van der Waals surface area contributed by atoms with E-state index in [1.807, 2.05) is 29.8 Å². The largest absolute Gasteiger partial charge is 0.384 e. The summed E-state index contributed by atoms with van der Waals surface area (Å²) in [5.41, 5.74) is 7.44. The Kier molecular flexibility index (Phi) is 2.98. The first-order valence-corrected chi connectivity index (χ1v) is 6.88. The fourth-order valence-electron chi connectivity index (χ4n) is 1.89. The van der Waals surface area contributed by atoms with E-state index < -0.39 is 0 Å². The minimum Gasteiger partial charge on any atom is -0.384 e. The van der Waals surface area contributed by atoms with Crippen LogP contribution in [0.2, 0.25) is 0 Å². The van der Waals surface area contributed by atoms with Crippen molar-refractivity contribution in [2.24, 2.45) is 5.73 Å². The lowest BCUT2D eigenvalue weighted by Gasteiger charge is -2.10. The molecule has 1 fully saturated rings. The van der Waals surface area contributed by atoms with Crippen LogP contribution < -0.4 is 5.73 Å². The molecule has 0 atom stereocenters. The molecule has 1 aliphatic rings. The van der Waals surface area contributed by atoms with Crippen LogP contribution in [0.1, 0.15) is 30.0 Å². The SMILES string of the molecule is Cc1cccc(C(=N)N)c1Sc1nnnn1C1CC1. The zero-order valence-electron chi connectivity index (χ0n) is 10.5. The van der Waals surface area contributed by atoms with Gasteiger partial charge in [-0.2, -0.15) is 0 Å². The topological polar surface area (TPSA) is 93.5 Å². The van der Waals surface area contributed by atoms with Crippen molar-refractivity contribution in [3.8, 4) is 0 Å². The molecule has 2 aromatic rings. The number of hydrogen-bond acceptors (Lipinski definition) is 5. The van der Waals surface area contributed by atoms with Crippen molar-refractivity contribution < 1.29 is 0 Å². The Bertz CT molecular complexity index is 631. The molecule has 7 heteroatoms. The van der Waals surface area contributed by atoms with Crippen molar-refractivity contribution in [2.45, 2.75) is 35.9 Å². The number of nitrogens with one attached hydrogen (secondary N) is 1. The molecule has 0 unspecified atom stereocenters. The molecule has 0 aliphatic heterocycles. The number of nitrogen functional groups attached to an aromatic ring is 1. The van der Waals surface area contributed by atoms with Crippen molar-refractivity contribution in [3.63, 3.8) is 0 Å². The summed E-state index contributed by atoms with van der Waals surface area (Å²) in [7, 11) is 0. The molecule has 98 valence electrons. The average Bonchev–Trinajstić information content (AvgIpc) is 3.12. The van der Waals surface area contributed by atoms with Crippen LogP contribution in [0, 0.1) is 12.3 Å². The summed E-state index contributed by atoms with van der Waals surface area (Å²) < 4.78 is 1.86. The highest BCUT2D eigenvalue weighted by Gasteiger charge is 2.28. The molecule has 3 rings (SSSR count). The summed E-state index contributed by atoms with van der Waals surface area (Å²) in [6.07, 6.45) is 2.26. The fourth-order valence-corrected chi connectivity index (χ4v) is 2.95. The third-order valence-electron chi connectivity index (χ3n) is 3.05. The van der Waals surface area contributed by atoms with Crippen LogP contribution >= 0.6 is 11.8 Å². The van der Waals surface area contributed by atoms with Crippen molar-refractivity contribution in [1.82, 2.24) is 20.2 Å². The van der Waals surface area contributed by atoms with Gasteiger partial charge in [0.25, 0.3) is 0 Å². The maximum absolute atomic E-state index is 7.66. The maximum atomic E-state index is 7.66. The number of nitrogens with two attached hydrogens (primary N) is 1. The predicted octanol–water partition coefficient (Wildman–Crippen LogP) is 1.75. The van der Waals surface area contributed by atoms with Gasteiger partial charge in [0.1, 0.15) is 5.84 Å². The summed E-state index contributed by atoms with van der Waals surface area (Å²) in [6, 6.07) is 6.19. The summed E-state index contributed by atoms with van der Waals surface area (Å²) in [5, 5.41) is 20.3. The van der Waals surface area contributed by atoms with Gasteiger partial charge in [0.2, 0.25) is 5.16 Å². The number of hydrogen-bond donors (Lipinski definition) is 2. The van der Waals surface area contributed by atoms with Gasteiger partial charge in [-0.05, 0) is 47.5 Å². The lowest BCUT2D eigenvalue weighted by molar-refractivity contribution is 0.565. The summed E-state index contributed by atoms with van der Waals surface area (Å²) >= 11 is 1.48. The van der Waals surface area contributed by atoms with E-state index >= 15 is 0 Å². The van der Waals surface area contributed by atoms with Crippen LogP contribution in [0.25, 0.3) is 0 Å². The third kappa shape index (κ3) is 2.33. The number of aromatic nitrogens is 4. The van der Waals surface area contributed by atoms with E-state index in [9.17, 15) is 0 Å². The molecular weight excluding hydrogens is 260 g/mol. The molecule has 1 aromatic carbocycles. The Labute approximate surface area is 114 Å². The number of amidine groups is 1. The molecule has 0 amide bonds. The van der Waals surface area contributed by atoms with E-state index in [2.05, 4.69) is 15.5 Å². The summed E-state index contributed by atoms with van der Waals surface area (Å²) in [6.45, 7) is 2.00. The van der Waals surface area contributed by atoms with Crippen LogP contribution in [0.4, 0.5) is 0 Å². The first-order chi connectivity index (χ1) is 9.16. The Hall–Kier alpha value is -1.89. The Balaban J connectivity index is 1.98. The van der Waals surface area contributed by atoms with Gasteiger partial charge in [-0.15, -0.1) is 5.10 Å². The van der Waals surface area contributed by atoms with E-state index in [1.165, 1.54) is 11.8 Å². The monoisotopic (exact) mass is 274 g/mol. The molecule has 0 spiro atoms. The van der Waals surface area contributed by atoms with Gasteiger partial charge in [0.15, 0.2) is 0 Å². The Morgan fingerprint density at radius 2 is 2.26 bits per heavy atom. The van der Waals surface area contributed by atoms with E-state index in [4.69, 9.17) is 11.1 Å². The van der Waals surface area contributed by atoms with Gasteiger partial charge in [-0.1, -0.05) is 18.2 Å². The lowest BCUT2D eigenvalue weighted by Crippen LogP contribution is -2.13. The molecule has 6 nitrogen and oxygen atoms in total. The highest BCUT2D eigenvalue weighted by Crippen LogP contribution is 2.39. The van der Waals surface area contributed by atoms with Gasteiger partial charge >= 0.3 is 0 Å². The molecule has 3 N–H and O–H groups in total. The van der Waals surface area contributed by atoms with Gasteiger partial charge in [0.05, 0.1) is 6.04 Å². The second-order valence-electron chi connectivity index (χ2n) is 4.60. The van der Waals surface area contributed by atoms with Gasteiger partial charge in [0, 0.05) is 10.5 Å². The van der Waals surface area contributed by atoms with E-state index in [1.54, 1.807) is 0 Å². The molecule has 1 saturated carbocycles. The van der Waals surface area contributed by atoms with Crippen molar-refractivity contribution in [2.75, 3.05) is 0 Å². The number of rotatable bonds is 4. The van der Waals surface area contributed by atoms with Crippen molar-refractivity contribution in [3.05, 3.63) is 29.3 Å². The van der Waals surface area contributed by atoms with E-state index in [0.29, 0.717) is 6.04 Å². The zero-order chi connectivity index (χ0) is 13.4. The highest BCUT2D eigenvalue weighted by atomic mass is 32.2. The second-order valence-corrected chi connectivity index (χ2v) is 5.58. The smallest absolute Gasteiger partial charge is 0.214 e. The standard InChI is InChI=1S/C12H14N6S/c1-7-3-2-4-9(11(13)14)10(7)19-12-15-16-17-18(12)8-5-6-8/h2-4,8H,5-6H2,1H3,(H3,13,14). The van der Waals surface area contributed by atoms with Gasteiger partial charge < -0.3 is 5.73 Å². The molecule has 1 heterocycles. The van der Waals surface area contributed by atoms with Crippen molar-refractivity contribution >= 4 is 17.6 Å². The van der Waals surface area contributed by atoms with Gasteiger partial charge in [-0.3, -0.25) is 5.41 Å². The predicted molar refractivity (Wildman–Crippen MR) is 72.4 cm³/mol. The first kappa shape index (κ1) is 12.2. The maximum Gasteiger partial charge on any atom is 0.214 e. The van der Waals surface area contributed by atoms with Crippen LogP contribution in [-0.4, -0.2) is 26.0 Å². The molecule has 1 aromatic heterocycles. The lowest BCUT2D eigenvalue weighted by atomic mass is 10.1. The van der Waals surface area contributed by atoms with Crippen LogP contribution in [0.3, 0.4) is 0 Å². The van der Waals surface area contributed by atoms with Gasteiger partial charge in [-0.25, -0.2) is 4.68 Å². The number of aryl methyl sites for hydroxylation is 1. The molecule has 1 aliphatic carbocycles.